The summed E-state index contributed by atoms with van der Waals surface area (Å²) in [5.41, 5.74) is 1.93. The summed E-state index contributed by atoms with van der Waals surface area (Å²) in [5, 5.41) is 21.3. The van der Waals surface area contributed by atoms with E-state index in [0.717, 1.165) is 10.9 Å². The number of carbonyl (C=O) groups is 1. The van der Waals surface area contributed by atoms with Crippen LogP contribution in [0.2, 0.25) is 0 Å². The predicted molar refractivity (Wildman–Crippen MR) is 81.9 cm³/mol. The molecule has 1 heterocycles. The van der Waals surface area contributed by atoms with Crippen LogP contribution in [-0.2, 0) is 0 Å². The zero-order valence-corrected chi connectivity index (χ0v) is 11.7. The number of nitro benzene ring substituents is 1. The molecular weight excluding hydrogens is 284 g/mol. The molecule has 110 valence electrons. The van der Waals surface area contributed by atoms with Gasteiger partial charge in [-0.05, 0) is 31.2 Å². The molecule has 0 fully saturated rings. The number of aromatic nitrogens is 2. The monoisotopic (exact) mass is 296 g/mol. The van der Waals surface area contributed by atoms with Crippen LogP contribution >= 0.6 is 0 Å². The number of fused-ring (bicyclic) bond motifs is 1. The van der Waals surface area contributed by atoms with Crippen LogP contribution in [0.3, 0.4) is 0 Å². The lowest BCUT2D eigenvalue weighted by molar-refractivity contribution is -0.385. The van der Waals surface area contributed by atoms with Gasteiger partial charge in [0.25, 0.3) is 11.6 Å². The summed E-state index contributed by atoms with van der Waals surface area (Å²) in [6.45, 7) is 1.56. The van der Waals surface area contributed by atoms with E-state index in [0.29, 0.717) is 11.3 Å². The Hall–Kier alpha value is -3.22. The first-order valence-electron chi connectivity index (χ1n) is 6.55. The van der Waals surface area contributed by atoms with Gasteiger partial charge >= 0.3 is 0 Å². The fourth-order valence-electron chi connectivity index (χ4n) is 2.28. The molecule has 7 nitrogen and oxygen atoms in total. The van der Waals surface area contributed by atoms with Crippen molar-refractivity contribution in [3.8, 4) is 0 Å². The number of aromatic amines is 1. The normalized spacial score (nSPS) is 10.6. The smallest absolute Gasteiger partial charge is 0.273 e. The first-order chi connectivity index (χ1) is 10.6. The standard InChI is InChI=1S/C15H12N4O3/c1-9-12(3-2-4-14(9)19(21)22)15(20)17-11-6-5-10-8-16-18-13(10)7-11/h2-8H,1H3,(H,16,18)(H,17,20). The van der Waals surface area contributed by atoms with Crippen LogP contribution in [0.4, 0.5) is 11.4 Å². The van der Waals surface area contributed by atoms with Crippen LogP contribution in [0.25, 0.3) is 10.9 Å². The topological polar surface area (TPSA) is 101 Å². The number of carbonyl (C=O) groups excluding carboxylic acids is 1. The third-order valence-electron chi connectivity index (χ3n) is 3.45. The number of hydrogen-bond donors (Lipinski definition) is 2. The Balaban J connectivity index is 1.91. The highest BCUT2D eigenvalue weighted by Crippen LogP contribution is 2.23. The molecule has 3 aromatic rings. The molecule has 0 atom stereocenters. The van der Waals surface area contributed by atoms with Gasteiger partial charge in [-0.1, -0.05) is 6.07 Å². The molecule has 0 aliphatic heterocycles. The fraction of sp³-hybridized carbons (Fsp3) is 0.0667. The van der Waals surface area contributed by atoms with Crippen molar-refractivity contribution in [1.82, 2.24) is 10.2 Å². The Kier molecular flexibility index (Phi) is 3.30. The summed E-state index contributed by atoms with van der Waals surface area (Å²) in [6.07, 6.45) is 1.69. The molecule has 0 saturated carbocycles. The molecular formula is C15H12N4O3. The first-order valence-corrected chi connectivity index (χ1v) is 6.55. The van der Waals surface area contributed by atoms with Crippen LogP contribution < -0.4 is 5.32 Å². The van der Waals surface area contributed by atoms with E-state index in [4.69, 9.17) is 0 Å². The second-order valence-electron chi connectivity index (χ2n) is 4.83. The van der Waals surface area contributed by atoms with Crippen LogP contribution in [0.15, 0.2) is 42.6 Å². The number of benzene rings is 2. The number of H-pyrrole nitrogens is 1. The summed E-state index contributed by atoms with van der Waals surface area (Å²) in [6, 6.07) is 9.78. The van der Waals surface area contributed by atoms with Crippen molar-refractivity contribution in [2.75, 3.05) is 5.32 Å². The summed E-state index contributed by atoms with van der Waals surface area (Å²) < 4.78 is 0. The van der Waals surface area contributed by atoms with Crippen LogP contribution in [0.1, 0.15) is 15.9 Å². The molecule has 7 heteroatoms. The van der Waals surface area contributed by atoms with Crippen molar-refractivity contribution in [1.29, 1.82) is 0 Å². The fourth-order valence-corrected chi connectivity index (χ4v) is 2.28. The molecule has 0 saturated heterocycles. The van der Waals surface area contributed by atoms with Gasteiger partial charge in [-0.25, -0.2) is 0 Å². The third kappa shape index (κ3) is 2.39. The number of nitro groups is 1. The van der Waals surface area contributed by atoms with Gasteiger partial charge in [0.05, 0.1) is 16.6 Å². The van der Waals surface area contributed by atoms with Crippen LogP contribution in [0, 0.1) is 17.0 Å². The molecule has 1 amide bonds. The van der Waals surface area contributed by atoms with Gasteiger partial charge in [0.15, 0.2) is 0 Å². The number of hydrogen-bond acceptors (Lipinski definition) is 4. The van der Waals surface area contributed by atoms with Gasteiger partial charge < -0.3 is 5.32 Å². The van der Waals surface area contributed by atoms with E-state index in [-0.39, 0.29) is 17.2 Å². The molecule has 0 spiro atoms. The van der Waals surface area contributed by atoms with Gasteiger partial charge in [-0.2, -0.15) is 5.10 Å². The molecule has 2 aromatic carbocycles. The lowest BCUT2D eigenvalue weighted by atomic mass is 10.1. The summed E-state index contributed by atoms with van der Waals surface area (Å²) in [5.74, 6) is -0.389. The summed E-state index contributed by atoms with van der Waals surface area (Å²) in [4.78, 5) is 22.8. The predicted octanol–water partition coefficient (Wildman–Crippen LogP) is 3.03. The number of nitrogens with zero attached hydrogens (tertiary/aromatic N) is 2. The van der Waals surface area contributed by atoms with E-state index in [2.05, 4.69) is 15.5 Å². The molecule has 0 aliphatic rings. The quantitative estimate of drug-likeness (QED) is 0.573. The van der Waals surface area contributed by atoms with Crippen molar-refractivity contribution < 1.29 is 9.72 Å². The zero-order valence-electron chi connectivity index (χ0n) is 11.7. The Labute approximate surface area is 125 Å². The number of nitrogens with one attached hydrogen (secondary N) is 2. The maximum atomic E-state index is 12.3. The van der Waals surface area contributed by atoms with Crippen molar-refractivity contribution in [3.05, 3.63) is 63.8 Å². The van der Waals surface area contributed by atoms with Crippen LogP contribution in [0.5, 0.6) is 0 Å². The number of amides is 1. The minimum absolute atomic E-state index is 0.0725. The van der Waals surface area contributed by atoms with Gasteiger partial charge in [-0.15, -0.1) is 0 Å². The summed E-state index contributed by atoms with van der Waals surface area (Å²) >= 11 is 0. The van der Waals surface area contributed by atoms with E-state index in [1.165, 1.54) is 12.1 Å². The molecule has 1 aromatic heterocycles. The van der Waals surface area contributed by atoms with Gasteiger partial charge in [0, 0.05) is 28.3 Å². The van der Waals surface area contributed by atoms with E-state index >= 15 is 0 Å². The average Bonchev–Trinajstić information content (AvgIpc) is 2.94. The lowest BCUT2D eigenvalue weighted by Gasteiger charge is -2.08. The highest BCUT2D eigenvalue weighted by Gasteiger charge is 2.18. The minimum atomic E-state index is -0.497. The first kappa shape index (κ1) is 13.7. The second-order valence-corrected chi connectivity index (χ2v) is 4.83. The Morgan fingerprint density at radius 3 is 2.91 bits per heavy atom. The minimum Gasteiger partial charge on any atom is -0.322 e. The maximum absolute atomic E-state index is 12.3. The van der Waals surface area contributed by atoms with Gasteiger partial charge in [0.2, 0.25) is 0 Å². The third-order valence-corrected chi connectivity index (χ3v) is 3.45. The SMILES string of the molecule is Cc1c(C(=O)Nc2ccc3cn[nH]c3c2)cccc1[N+](=O)[O-]. The van der Waals surface area contributed by atoms with Gasteiger partial charge in [0.1, 0.15) is 0 Å². The lowest BCUT2D eigenvalue weighted by Crippen LogP contribution is -2.14. The molecule has 0 unspecified atom stereocenters. The van der Waals surface area contributed by atoms with E-state index < -0.39 is 4.92 Å². The highest BCUT2D eigenvalue weighted by atomic mass is 16.6. The Bertz CT molecular complexity index is 885. The Morgan fingerprint density at radius 2 is 2.14 bits per heavy atom. The van der Waals surface area contributed by atoms with Crippen molar-refractivity contribution in [2.45, 2.75) is 6.92 Å². The van der Waals surface area contributed by atoms with Gasteiger partial charge in [-0.3, -0.25) is 20.0 Å². The zero-order chi connectivity index (χ0) is 15.7. The average molecular weight is 296 g/mol. The molecule has 22 heavy (non-hydrogen) atoms. The molecule has 2 N–H and O–H groups in total. The molecule has 0 aliphatic carbocycles. The second kappa shape index (κ2) is 5.28. The maximum Gasteiger partial charge on any atom is 0.273 e. The number of rotatable bonds is 3. The van der Waals surface area contributed by atoms with Crippen molar-refractivity contribution in [2.24, 2.45) is 0 Å². The highest BCUT2D eigenvalue weighted by molar-refractivity contribution is 6.06. The van der Waals surface area contributed by atoms with E-state index in [9.17, 15) is 14.9 Å². The number of anilines is 1. The van der Waals surface area contributed by atoms with E-state index in [1.54, 1.807) is 31.3 Å². The van der Waals surface area contributed by atoms with E-state index in [1.807, 2.05) is 6.07 Å². The summed E-state index contributed by atoms with van der Waals surface area (Å²) in [7, 11) is 0. The Morgan fingerprint density at radius 1 is 1.32 bits per heavy atom. The largest absolute Gasteiger partial charge is 0.322 e. The molecule has 0 bridgehead atoms. The van der Waals surface area contributed by atoms with Crippen LogP contribution in [-0.4, -0.2) is 21.0 Å². The van der Waals surface area contributed by atoms with Crippen molar-refractivity contribution in [3.63, 3.8) is 0 Å². The molecule has 0 radical (unpaired) electrons. The molecule has 3 rings (SSSR count). The van der Waals surface area contributed by atoms with Crippen molar-refractivity contribution >= 4 is 28.2 Å².